The lowest BCUT2D eigenvalue weighted by Crippen LogP contribution is -2.49. The summed E-state index contributed by atoms with van der Waals surface area (Å²) in [5.41, 5.74) is 0.111. The molecule has 1 fully saturated rings. The lowest BCUT2D eigenvalue weighted by atomic mass is 10.1. The second kappa shape index (κ2) is 6.55. The molecule has 0 N–H and O–H groups in total. The Hall–Kier alpha value is -3.29. The highest BCUT2D eigenvalue weighted by molar-refractivity contribution is 6.04. The van der Waals surface area contributed by atoms with Crippen LogP contribution >= 0.6 is 0 Å². The quantitative estimate of drug-likeness (QED) is 0.676. The minimum Gasteiger partial charge on any atom is -0.352 e. The molecule has 2 aromatic heterocycles. The standard InChI is InChI=1S/C18H18N6O2/c1-22-17(25)14-5-3-2-4-13(14)16(21-22)18(26)24-10-8-23(9-11-24)15-12-19-6-7-20-15/h2-7,12H,8-11H2,1H3. The molecule has 4 rings (SSSR count). The van der Waals surface area contributed by atoms with Gasteiger partial charge in [-0.1, -0.05) is 18.2 Å². The van der Waals surface area contributed by atoms with E-state index in [1.165, 1.54) is 4.68 Å². The zero-order valence-electron chi connectivity index (χ0n) is 14.4. The number of piperazine rings is 1. The summed E-state index contributed by atoms with van der Waals surface area (Å²) in [6, 6.07) is 7.10. The molecule has 1 aliphatic rings. The highest BCUT2D eigenvalue weighted by Gasteiger charge is 2.26. The molecule has 0 aliphatic carbocycles. The number of hydrogen-bond acceptors (Lipinski definition) is 6. The summed E-state index contributed by atoms with van der Waals surface area (Å²) in [5.74, 6) is 0.654. The van der Waals surface area contributed by atoms with Gasteiger partial charge in [0.1, 0.15) is 5.82 Å². The summed E-state index contributed by atoms with van der Waals surface area (Å²) in [5, 5.41) is 5.33. The lowest BCUT2D eigenvalue weighted by Gasteiger charge is -2.35. The Balaban J connectivity index is 1.59. The molecule has 1 aromatic carbocycles. The van der Waals surface area contributed by atoms with Crippen molar-refractivity contribution >= 4 is 22.5 Å². The maximum absolute atomic E-state index is 13.0. The van der Waals surface area contributed by atoms with E-state index in [1.807, 2.05) is 6.07 Å². The highest BCUT2D eigenvalue weighted by Crippen LogP contribution is 2.17. The number of carbonyl (C=O) groups excluding carboxylic acids is 1. The van der Waals surface area contributed by atoms with Crippen LogP contribution in [0.3, 0.4) is 0 Å². The fourth-order valence-corrected chi connectivity index (χ4v) is 3.20. The van der Waals surface area contributed by atoms with E-state index < -0.39 is 0 Å². The van der Waals surface area contributed by atoms with Crippen LogP contribution in [0.15, 0.2) is 47.7 Å². The SMILES string of the molecule is Cn1nc(C(=O)N2CCN(c3cnccn3)CC2)c2ccccc2c1=O. The molecule has 0 bridgehead atoms. The predicted molar refractivity (Wildman–Crippen MR) is 97.1 cm³/mol. The number of amides is 1. The summed E-state index contributed by atoms with van der Waals surface area (Å²) in [6.45, 7) is 2.48. The van der Waals surface area contributed by atoms with E-state index in [-0.39, 0.29) is 11.5 Å². The third kappa shape index (κ3) is 2.79. The summed E-state index contributed by atoms with van der Waals surface area (Å²) in [6.07, 6.45) is 5.02. The average Bonchev–Trinajstić information content (AvgIpc) is 2.71. The highest BCUT2D eigenvalue weighted by atomic mass is 16.2. The molecule has 1 aliphatic heterocycles. The molecule has 0 spiro atoms. The van der Waals surface area contributed by atoms with Crippen LogP contribution in [-0.2, 0) is 7.05 Å². The molecule has 3 aromatic rings. The third-order valence-corrected chi connectivity index (χ3v) is 4.60. The van der Waals surface area contributed by atoms with Crippen LogP contribution in [0.25, 0.3) is 10.8 Å². The molecule has 26 heavy (non-hydrogen) atoms. The van der Waals surface area contributed by atoms with Crippen LogP contribution in [0.5, 0.6) is 0 Å². The van der Waals surface area contributed by atoms with Crippen molar-refractivity contribution in [2.45, 2.75) is 0 Å². The maximum Gasteiger partial charge on any atom is 0.275 e. The normalized spacial score (nSPS) is 14.7. The number of anilines is 1. The average molecular weight is 350 g/mol. The van der Waals surface area contributed by atoms with Gasteiger partial charge in [-0.2, -0.15) is 5.10 Å². The van der Waals surface area contributed by atoms with Crippen LogP contribution in [0.2, 0.25) is 0 Å². The molecular weight excluding hydrogens is 332 g/mol. The summed E-state index contributed by atoms with van der Waals surface area (Å²) >= 11 is 0. The third-order valence-electron chi connectivity index (χ3n) is 4.60. The van der Waals surface area contributed by atoms with Crippen molar-refractivity contribution in [3.8, 4) is 0 Å². The van der Waals surface area contributed by atoms with Gasteiger partial charge in [0.05, 0.1) is 11.6 Å². The van der Waals surface area contributed by atoms with Gasteiger partial charge in [0, 0.05) is 51.0 Å². The Morgan fingerprint density at radius 3 is 2.46 bits per heavy atom. The Bertz CT molecular complexity index is 1010. The second-order valence-corrected chi connectivity index (χ2v) is 6.17. The minimum absolute atomic E-state index is 0.157. The van der Waals surface area contributed by atoms with Gasteiger partial charge in [-0.25, -0.2) is 9.67 Å². The van der Waals surface area contributed by atoms with Gasteiger partial charge in [-0.15, -0.1) is 0 Å². The molecule has 0 atom stereocenters. The number of benzene rings is 1. The van der Waals surface area contributed by atoms with E-state index in [4.69, 9.17) is 0 Å². The van der Waals surface area contributed by atoms with Crippen LogP contribution in [0.1, 0.15) is 10.5 Å². The Labute approximate surface area is 149 Å². The molecule has 1 saturated heterocycles. The number of carbonyl (C=O) groups is 1. The van der Waals surface area contributed by atoms with Crippen molar-refractivity contribution in [2.24, 2.45) is 7.05 Å². The van der Waals surface area contributed by atoms with Crippen molar-refractivity contribution in [3.63, 3.8) is 0 Å². The van der Waals surface area contributed by atoms with Crippen LogP contribution in [0.4, 0.5) is 5.82 Å². The van der Waals surface area contributed by atoms with Gasteiger partial charge < -0.3 is 9.80 Å². The number of hydrogen-bond donors (Lipinski definition) is 0. The summed E-state index contributed by atoms with van der Waals surface area (Å²) < 4.78 is 1.23. The van der Waals surface area contributed by atoms with Gasteiger partial charge in [0.15, 0.2) is 5.69 Å². The van der Waals surface area contributed by atoms with Crippen LogP contribution in [-0.4, -0.2) is 56.7 Å². The predicted octanol–water partition coefficient (Wildman–Crippen LogP) is 0.686. The Kier molecular flexibility index (Phi) is 4.08. The number of nitrogens with zero attached hydrogens (tertiary/aromatic N) is 6. The number of fused-ring (bicyclic) bond motifs is 1. The van der Waals surface area contributed by atoms with Gasteiger partial charge in [0.2, 0.25) is 0 Å². The monoisotopic (exact) mass is 350 g/mol. The van der Waals surface area contributed by atoms with E-state index in [9.17, 15) is 9.59 Å². The van der Waals surface area contributed by atoms with E-state index in [0.717, 1.165) is 5.82 Å². The Morgan fingerprint density at radius 1 is 1.04 bits per heavy atom. The van der Waals surface area contributed by atoms with Gasteiger partial charge in [-0.3, -0.25) is 14.6 Å². The number of rotatable bonds is 2. The number of aromatic nitrogens is 4. The Morgan fingerprint density at radius 2 is 1.77 bits per heavy atom. The van der Waals surface area contributed by atoms with Gasteiger partial charge in [0.25, 0.3) is 11.5 Å². The van der Waals surface area contributed by atoms with Crippen LogP contribution in [0, 0.1) is 0 Å². The topological polar surface area (TPSA) is 84.2 Å². The first kappa shape index (κ1) is 16.2. The molecule has 132 valence electrons. The van der Waals surface area contributed by atoms with E-state index >= 15 is 0 Å². The van der Waals surface area contributed by atoms with Crippen molar-refractivity contribution in [2.75, 3.05) is 31.1 Å². The van der Waals surface area contributed by atoms with Crippen LogP contribution < -0.4 is 10.5 Å². The molecule has 8 heteroatoms. The van der Waals surface area contributed by atoms with E-state index in [0.29, 0.717) is 42.6 Å². The van der Waals surface area contributed by atoms with Gasteiger partial charge in [-0.05, 0) is 6.07 Å². The van der Waals surface area contributed by atoms with Crippen molar-refractivity contribution in [3.05, 3.63) is 58.9 Å². The summed E-state index contributed by atoms with van der Waals surface area (Å²) in [7, 11) is 1.57. The molecule has 0 unspecified atom stereocenters. The maximum atomic E-state index is 13.0. The second-order valence-electron chi connectivity index (χ2n) is 6.17. The zero-order valence-corrected chi connectivity index (χ0v) is 14.4. The first-order valence-electron chi connectivity index (χ1n) is 8.41. The molecular formula is C18H18N6O2. The molecule has 1 amide bonds. The molecule has 8 nitrogen and oxygen atoms in total. The molecule has 3 heterocycles. The van der Waals surface area contributed by atoms with Crippen molar-refractivity contribution in [1.29, 1.82) is 0 Å². The van der Waals surface area contributed by atoms with Crippen molar-refractivity contribution in [1.82, 2.24) is 24.6 Å². The fraction of sp³-hybridized carbons (Fsp3) is 0.278. The lowest BCUT2D eigenvalue weighted by molar-refractivity contribution is 0.0740. The molecule has 0 saturated carbocycles. The largest absolute Gasteiger partial charge is 0.352 e. The van der Waals surface area contributed by atoms with Crippen molar-refractivity contribution < 1.29 is 4.79 Å². The smallest absolute Gasteiger partial charge is 0.275 e. The zero-order chi connectivity index (χ0) is 18.1. The van der Waals surface area contributed by atoms with E-state index in [1.54, 1.807) is 48.7 Å². The molecule has 0 radical (unpaired) electrons. The summed E-state index contributed by atoms with van der Waals surface area (Å²) in [4.78, 5) is 37.5. The first-order chi connectivity index (χ1) is 12.6. The fourth-order valence-electron chi connectivity index (χ4n) is 3.20. The van der Waals surface area contributed by atoms with Gasteiger partial charge >= 0.3 is 0 Å². The number of aryl methyl sites for hydroxylation is 1. The minimum atomic E-state index is -0.204. The van der Waals surface area contributed by atoms with E-state index in [2.05, 4.69) is 20.0 Å². The first-order valence-corrected chi connectivity index (χ1v) is 8.41.